The molecule has 1 aliphatic rings. The van der Waals surface area contributed by atoms with Gasteiger partial charge in [-0.2, -0.15) is 0 Å². The Kier molecular flexibility index (Phi) is 3.60. The number of anilines is 1. The first-order chi connectivity index (χ1) is 8.61. The molecule has 0 aliphatic carbocycles. The van der Waals surface area contributed by atoms with E-state index in [1.165, 1.54) is 0 Å². The second-order valence-corrected chi connectivity index (χ2v) is 4.44. The molecule has 1 fully saturated rings. The summed E-state index contributed by atoms with van der Waals surface area (Å²) in [6.07, 6.45) is 3.60. The molecule has 96 valence electrons. The Bertz CT molecular complexity index is 456. The minimum atomic E-state index is -0.294. The first-order valence-corrected chi connectivity index (χ1v) is 6.13. The van der Waals surface area contributed by atoms with E-state index in [4.69, 9.17) is 0 Å². The predicted octanol–water partition coefficient (Wildman–Crippen LogP) is 0.885. The maximum atomic E-state index is 11.7. The highest BCUT2D eigenvalue weighted by molar-refractivity contribution is 6.01. The molecular weight excluding hydrogens is 230 g/mol. The zero-order valence-electron chi connectivity index (χ0n) is 10.6. The smallest absolute Gasteiger partial charge is 0.249 e. The normalized spacial score (nSPS) is 19.6. The Morgan fingerprint density at radius 2 is 2.22 bits per heavy atom. The van der Waals surface area contributed by atoms with Crippen molar-refractivity contribution in [2.24, 2.45) is 0 Å². The van der Waals surface area contributed by atoms with Crippen LogP contribution in [0.25, 0.3) is 0 Å². The number of rotatable bonds is 3. The Labute approximate surface area is 106 Å². The van der Waals surface area contributed by atoms with Crippen molar-refractivity contribution in [1.82, 2.24) is 10.3 Å². The van der Waals surface area contributed by atoms with Crippen LogP contribution < -0.4 is 10.2 Å². The quantitative estimate of drug-likeness (QED) is 0.806. The van der Waals surface area contributed by atoms with Gasteiger partial charge in [0.2, 0.25) is 11.8 Å². The van der Waals surface area contributed by atoms with Crippen molar-refractivity contribution >= 4 is 17.5 Å². The lowest BCUT2D eigenvalue weighted by molar-refractivity contribution is -0.134. The number of carbonyl (C=O) groups excluding carboxylic acids is 2. The van der Waals surface area contributed by atoms with Crippen molar-refractivity contribution in [2.45, 2.75) is 32.2 Å². The average molecular weight is 247 g/mol. The molecule has 18 heavy (non-hydrogen) atoms. The summed E-state index contributed by atoms with van der Waals surface area (Å²) >= 11 is 0. The number of aryl methyl sites for hydroxylation is 1. The predicted molar refractivity (Wildman–Crippen MR) is 68.2 cm³/mol. The Hall–Kier alpha value is -1.91. The van der Waals surface area contributed by atoms with Gasteiger partial charge >= 0.3 is 0 Å². The van der Waals surface area contributed by atoms with Gasteiger partial charge in [0, 0.05) is 19.2 Å². The van der Waals surface area contributed by atoms with Crippen LogP contribution in [0, 0.1) is 0 Å². The summed E-state index contributed by atoms with van der Waals surface area (Å²) in [5.74, 6) is -0.419. The van der Waals surface area contributed by atoms with E-state index >= 15 is 0 Å². The summed E-state index contributed by atoms with van der Waals surface area (Å²) < 4.78 is 0. The van der Waals surface area contributed by atoms with Crippen molar-refractivity contribution < 1.29 is 9.59 Å². The molecule has 2 amide bonds. The molecule has 1 aromatic heterocycles. The minimum absolute atomic E-state index is 0.191. The molecule has 2 heterocycles. The summed E-state index contributed by atoms with van der Waals surface area (Å²) in [7, 11) is 1.85. The van der Waals surface area contributed by atoms with Gasteiger partial charge in [-0.15, -0.1) is 0 Å². The molecule has 2 rings (SSSR count). The summed E-state index contributed by atoms with van der Waals surface area (Å²) in [6, 6.07) is 3.62. The van der Waals surface area contributed by atoms with Crippen LogP contribution in [-0.2, 0) is 16.0 Å². The molecule has 0 spiro atoms. The molecule has 1 aliphatic heterocycles. The monoisotopic (exact) mass is 247 g/mol. The van der Waals surface area contributed by atoms with Crippen LogP contribution in [0.4, 0.5) is 5.69 Å². The molecular formula is C13H17N3O2. The molecule has 0 aromatic carbocycles. The maximum Gasteiger partial charge on any atom is 0.249 e. The van der Waals surface area contributed by atoms with Crippen LogP contribution in [0.15, 0.2) is 18.3 Å². The second kappa shape index (κ2) is 5.16. The van der Waals surface area contributed by atoms with Gasteiger partial charge in [0.25, 0.3) is 0 Å². The summed E-state index contributed by atoms with van der Waals surface area (Å²) in [6.45, 7) is 2.05. The second-order valence-electron chi connectivity index (χ2n) is 4.44. The van der Waals surface area contributed by atoms with Crippen molar-refractivity contribution in [1.29, 1.82) is 0 Å². The number of imide groups is 1. The molecule has 1 N–H and O–H groups in total. The lowest BCUT2D eigenvalue weighted by Gasteiger charge is -2.31. The van der Waals surface area contributed by atoms with Gasteiger partial charge in [-0.3, -0.25) is 19.9 Å². The number of nitrogens with zero attached hydrogens (tertiary/aromatic N) is 2. The van der Waals surface area contributed by atoms with Crippen molar-refractivity contribution in [3.8, 4) is 0 Å². The van der Waals surface area contributed by atoms with E-state index in [1.807, 2.05) is 31.0 Å². The van der Waals surface area contributed by atoms with E-state index in [9.17, 15) is 9.59 Å². The maximum absolute atomic E-state index is 11.7. The zero-order valence-corrected chi connectivity index (χ0v) is 10.6. The van der Waals surface area contributed by atoms with Gasteiger partial charge in [0.15, 0.2) is 0 Å². The number of carbonyl (C=O) groups is 2. The van der Waals surface area contributed by atoms with Gasteiger partial charge in [0.05, 0.1) is 11.9 Å². The Morgan fingerprint density at radius 1 is 1.44 bits per heavy atom. The first kappa shape index (κ1) is 12.5. The van der Waals surface area contributed by atoms with Crippen LogP contribution in [0.1, 0.15) is 25.5 Å². The van der Waals surface area contributed by atoms with Gasteiger partial charge in [-0.25, -0.2) is 0 Å². The molecule has 1 unspecified atom stereocenters. The lowest BCUT2D eigenvalue weighted by atomic mass is 10.0. The third kappa shape index (κ3) is 2.50. The van der Waals surface area contributed by atoms with Crippen LogP contribution in [0.5, 0.6) is 0 Å². The lowest BCUT2D eigenvalue weighted by Crippen LogP contribution is -2.51. The highest BCUT2D eigenvalue weighted by Gasteiger charge is 2.29. The van der Waals surface area contributed by atoms with Crippen molar-refractivity contribution in [3.63, 3.8) is 0 Å². The number of aromatic nitrogens is 1. The molecule has 0 saturated carbocycles. The third-order valence-corrected chi connectivity index (χ3v) is 3.26. The molecule has 5 heteroatoms. The van der Waals surface area contributed by atoms with E-state index in [-0.39, 0.29) is 17.9 Å². The molecule has 0 bridgehead atoms. The van der Waals surface area contributed by atoms with Gasteiger partial charge in [-0.1, -0.05) is 6.92 Å². The number of amides is 2. The minimum Gasteiger partial charge on any atom is -0.361 e. The van der Waals surface area contributed by atoms with Crippen LogP contribution in [0.2, 0.25) is 0 Å². The van der Waals surface area contributed by atoms with E-state index in [1.54, 1.807) is 6.20 Å². The van der Waals surface area contributed by atoms with Gasteiger partial charge < -0.3 is 4.90 Å². The molecule has 1 atom stereocenters. The summed E-state index contributed by atoms with van der Waals surface area (Å²) in [5.41, 5.74) is 1.91. The Balaban J connectivity index is 2.12. The SMILES string of the molecule is CCc1ccc(N(C)C2CCC(=O)NC2=O)cn1. The number of nitrogens with one attached hydrogen (secondary N) is 1. The van der Waals surface area contributed by atoms with Gasteiger partial charge in [0.1, 0.15) is 6.04 Å². The van der Waals surface area contributed by atoms with Crippen molar-refractivity contribution in [3.05, 3.63) is 24.0 Å². The van der Waals surface area contributed by atoms with Crippen LogP contribution in [0.3, 0.4) is 0 Å². The fourth-order valence-corrected chi connectivity index (χ4v) is 2.07. The van der Waals surface area contributed by atoms with Gasteiger partial charge in [-0.05, 0) is 25.0 Å². The van der Waals surface area contributed by atoms with E-state index in [0.29, 0.717) is 12.8 Å². The number of hydrogen-bond donors (Lipinski definition) is 1. The third-order valence-electron chi connectivity index (χ3n) is 3.26. The van der Waals surface area contributed by atoms with Crippen LogP contribution in [-0.4, -0.2) is 29.9 Å². The number of piperidine rings is 1. The zero-order chi connectivity index (χ0) is 13.1. The number of hydrogen-bond acceptors (Lipinski definition) is 4. The first-order valence-electron chi connectivity index (χ1n) is 6.13. The van der Waals surface area contributed by atoms with E-state index < -0.39 is 0 Å². The van der Waals surface area contributed by atoms with Crippen molar-refractivity contribution in [2.75, 3.05) is 11.9 Å². The molecule has 1 saturated heterocycles. The summed E-state index contributed by atoms with van der Waals surface area (Å²) in [4.78, 5) is 29.0. The fraction of sp³-hybridized carbons (Fsp3) is 0.462. The largest absolute Gasteiger partial charge is 0.361 e. The molecule has 0 radical (unpaired) electrons. The fourth-order valence-electron chi connectivity index (χ4n) is 2.07. The van der Waals surface area contributed by atoms with E-state index in [0.717, 1.165) is 17.8 Å². The molecule has 5 nitrogen and oxygen atoms in total. The highest BCUT2D eigenvalue weighted by Crippen LogP contribution is 2.19. The standard InChI is InChI=1S/C13H17N3O2/c1-3-9-4-5-10(8-14-9)16(2)11-6-7-12(17)15-13(11)18/h4-5,8,11H,3,6-7H2,1-2H3,(H,15,17,18). The summed E-state index contributed by atoms with van der Waals surface area (Å²) in [5, 5.41) is 2.36. The van der Waals surface area contributed by atoms with E-state index in [2.05, 4.69) is 10.3 Å². The van der Waals surface area contributed by atoms with Crippen LogP contribution >= 0.6 is 0 Å². The molecule has 1 aromatic rings. The topological polar surface area (TPSA) is 62.3 Å². The number of likely N-dealkylation sites (N-methyl/N-ethyl adjacent to an activating group) is 1. The number of pyridine rings is 1. The average Bonchev–Trinajstić information content (AvgIpc) is 2.38. The Morgan fingerprint density at radius 3 is 2.78 bits per heavy atom. The highest BCUT2D eigenvalue weighted by atomic mass is 16.2.